The Labute approximate surface area is 128 Å². The molecule has 0 saturated carbocycles. The number of fused-ring (bicyclic) bond motifs is 3. The number of benzene rings is 1. The van der Waals surface area contributed by atoms with Gasteiger partial charge in [-0.25, -0.2) is 4.79 Å². The molecule has 0 aliphatic carbocycles. The van der Waals surface area contributed by atoms with Crippen LogP contribution in [0.15, 0.2) is 30.3 Å². The van der Waals surface area contributed by atoms with Crippen molar-refractivity contribution in [3.63, 3.8) is 0 Å². The quantitative estimate of drug-likeness (QED) is 0.796. The summed E-state index contributed by atoms with van der Waals surface area (Å²) >= 11 is 0. The number of carbonyl (C=O) groups is 1. The van der Waals surface area contributed by atoms with Gasteiger partial charge in [-0.3, -0.25) is 4.90 Å². The Kier molecular flexibility index (Phi) is 3.14. The van der Waals surface area contributed by atoms with Crippen molar-refractivity contribution in [3.8, 4) is 0 Å². The maximum Gasteiger partial charge on any atom is 0.410 e. The van der Waals surface area contributed by atoms with Crippen molar-refractivity contribution >= 4 is 6.09 Å². The Morgan fingerprint density at radius 2 is 1.86 bits per heavy atom. The highest BCUT2D eigenvalue weighted by atomic mass is 16.9. The lowest BCUT2D eigenvalue weighted by Crippen LogP contribution is -2.62. The second-order valence-electron chi connectivity index (χ2n) is 6.49. The van der Waals surface area contributed by atoms with Gasteiger partial charge in [0.15, 0.2) is 0 Å². The minimum atomic E-state index is -1.09. The summed E-state index contributed by atoms with van der Waals surface area (Å²) < 4.78 is 22.5. The zero-order valence-corrected chi connectivity index (χ0v) is 12.5. The van der Waals surface area contributed by atoms with Crippen molar-refractivity contribution < 1.29 is 23.7 Å². The molecule has 0 aromatic heterocycles. The number of hydrogen-bond donors (Lipinski definition) is 0. The molecule has 0 unspecified atom stereocenters. The summed E-state index contributed by atoms with van der Waals surface area (Å²) in [4.78, 5) is 13.7. The molecule has 1 aromatic rings. The Hall–Kier alpha value is -1.63. The third-order valence-electron chi connectivity index (χ3n) is 4.33. The van der Waals surface area contributed by atoms with Gasteiger partial charge >= 0.3 is 12.1 Å². The summed E-state index contributed by atoms with van der Waals surface area (Å²) in [7, 11) is 0. The number of ether oxygens (including phenoxy) is 4. The number of amides is 1. The molecule has 0 spiro atoms. The molecule has 4 heterocycles. The molecular weight excluding hydrogens is 286 g/mol. The average Bonchev–Trinajstić information content (AvgIpc) is 3.36. The van der Waals surface area contributed by atoms with Crippen molar-refractivity contribution in [2.45, 2.75) is 25.5 Å². The first kappa shape index (κ1) is 14.0. The van der Waals surface area contributed by atoms with Crippen LogP contribution in [0.5, 0.6) is 0 Å². The van der Waals surface area contributed by atoms with Gasteiger partial charge in [0.25, 0.3) is 0 Å². The van der Waals surface area contributed by atoms with Crippen molar-refractivity contribution in [2.75, 3.05) is 26.4 Å². The van der Waals surface area contributed by atoms with E-state index in [0.717, 1.165) is 5.56 Å². The van der Waals surface area contributed by atoms with Gasteiger partial charge in [-0.1, -0.05) is 37.3 Å². The van der Waals surface area contributed by atoms with Gasteiger partial charge in [0, 0.05) is 5.41 Å². The minimum absolute atomic E-state index is 0.0741. The molecule has 1 amide bonds. The van der Waals surface area contributed by atoms with Crippen molar-refractivity contribution in [1.82, 2.24) is 4.90 Å². The predicted molar refractivity (Wildman–Crippen MR) is 75.8 cm³/mol. The monoisotopic (exact) mass is 305 g/mol. The standard InChI is InChI=1S/C16H19NO5/c1-15-9-20-16(21-10-15,22-11-15)13-7-17(13)14(18)19-8-12-5-3-2-4-6-12/h2-6,13H,7-11H2,1H3/t13-,15?,16?,17?/m0/s1. The number of nitrogens with zero attached hydrogens (tertiary/aromatic N) is 1. The van der Waals surface area contributed by atoms with E-state index in [0.29, 0.717) is 26.4 Å². The summed E-state index contributed by atoms with van der Waals surface area (Å²) in [5, 5.41) is 0. The zero-order chi connectivity index (χ0) is 15.2. The van der Waals surface area contributed by atoms with Gasteiger partial charge < -0.3 is 18.9 Å². The first-order chi connectivity index (χ1) is 10.6. The fraction of sp³-hybridized carbons (Fsp3) is 0.562. The third-order valence-corrected chi connectivity index (χ3v) is 4.33. The lowest BCUT2D eigenvalue weighted by molar-refractivity contribution is -0.466. The van der Waals surface area contributed by atoms with E-state index in [1.54, 1.807) is 4.90 Å². The van der Waals surface area contributed by atoms with E-state index in [2.05, 4.69) is 6.92 Å². The molecule has 4 aliphatic rings. The van der Waals surface area contributed by atoms with E-state index in [1.807, 2.05) is 30.3 Å². The summed E-state index contributed by atoms with van der Waals surface area (Å²) in [5.41, 5.74) is 0.886. The Morgan fingerprint density at radius 1 is 1.23 bits per heavy atom. The average molecular weight is 305 g/mol. The second kappa shape index (κ2) is 4.94. The highest BCUT2D eigenvalue weighted by Crippen LogP contribution is 2.45. The molecule has 22 heavy (non-hydrogen) atoms. The van der Waals surface area contributed by atoms with Gasteiger partial charge in [-0.05, 0) is 5.56 Å². The van der Waals surface area contributed by atoms with Crippen LogP contribution in [-0.2, 0) is 25.6 Å². The van der Waals surface area contributed by atoms with Gasteiger partial charge in [0.2, 0.25) is 0 Å². The molecule has 0 N–H and O–H groups in total. The Morgan fingerprint density at radius 3 is 2.50 bits per heavy atom. The fourth-order valence-electron chi connectivity index (χ4n) is 2.81. The lowest BCUT2D eigenvalue weighted by Gasteiger charge is -2.50. The molecule has 6 heteroatoms. The Bertz CT molecular complexity index is 551. The number of carbonyl (C=O) groups excluding carboxylic acids is 1. The topological polar surface area (TPSA) is 57.0 Å². The van der Waals surface area contributed by atoms with Crippen LogP contribution in [0.25, 0.3) is 0 Å². The van der Waals surface area contributed by atoms with Gasteiger partial charge in [0.1, 0.15) is 12.6 Å². The summed E-state index contributed by atoms with van der Waals surface area (Å²) in [6, 6.07) is 9.38. The molecule has 5 rings (SSSR count). The minimum Gasteiger partial charge on any atom is -0.445 e. The maximum atomic E-state index is 12.1. The van der Waals surface area contributed by atoms with Crippen molar-refractivity contribution in [2.24, 2.45) is 5.41 Å². The lowest BCUT2D eigenvalue weighted by atomic mass is 9.91. The third kappa shape index (κ3) is 2.37. The van der Waals surface area contributed by atoms with Crippen LogP contribution in [0.2, 0.25) is 0 Å². The second-order valence-corrected chi connectivity index (χ2v) is 6.49. The van der Waals surface area contributed by atoms with Crippen LogP contribution in [0.4, 0.5) is 4.79 Å². The van der Waals surface area contributed by atoms with E-state index >= 15 is 0 Å². The smallest absolute Gasteiger partial charge is 0.410 e. The molecular formula is C16H19NO5. The van der Waals surface area contributed by atoms with Gasteiger partial charge in [-0.2, -0.15) is 0 Å². The first-order valence-electron chi connectivity index (χ1n) is 7.50. The van der Waals surface area contributed by atoms with Crippen LogP contribution in [0, 0.1) is 5.41 Å². The molecule has 1 atom stereocenters. The van der Waals surface area contributed by atoms with Crippen LogP contribution in [-0.4, -0.2) is 49.4 Å². The highest BCUT2D eigenvalue weighted by molar-refractivity contribution is 5.71. The van der Waals surface area contributed by atoms with Crippen molar-refractivity contribution in [1.29, 1.82) is 0 Å². The number of rotatable bonds is 3. The molecule has 4 saturated heterocycles. The molecule has 4 fully saturated rings. The van der Waals surface area contributed by atoms with E-state index in [-0.39, 0.29) is 24.2 Å². The molecule has 6 nitrogen and oxygen atoms in total. The molecule has 2 bridgehead atoms. The zero-order valence-electron chi connectivity index (χ0n) is 12.5. The first-order valence-corrected chi connectivity index (χ1v) is 7.50. The molecule has 1 aromatic carbocycles. The van der Waals surface area contributed by atoms with E-state index < -0.39 is 5.97 Å². The number of hydrogen-bond acceptors (Lipinski definition) is 5. The normalized spacial score (nSPS) is 36.2. The summed E-state index contributed by atoms with van der Waals surface area (Å²) in [6.45, 7) is 4.64. The Balaban J connectivity index is 1.33. The van der Waals surface area contributed by atoms with Crippen LogP contribution < -0.4 is 0 Å². The van der Waals surface area contributed by atoms with Crippen molar-refractivity contribution in [3.05, 3.63) is 35.9 Å². The fourth-order valence-corrected chi connectivity index (χ4v) is 2.81. The SMILES string of the molecule is CC12COC([C@@H]3CN3C(=O)OCc3ccccc3)(OC1)OC2. The van der Waals surface area contributed by atoms with E-state index in [4.69, 9.17) is 18.9 Å². The van der Waals surface area contributed by atoms with Crippen LogP contribution in [0.1, 0.15) is 12.5 Å². The van der Waals surface area contributed by atoms with Gasteiger partial charge in [0.05, 0.1) is 26.4 Å². The molecule has 118 valence electrons. The largest absolute Gasteiger partial charge is 0.445 e. The molecule has 4 aliphatic heterocycles. The van der Waals surface area contributed by atoms with Crippen LogP contribution in [0.3, 0.4) is 0 Å². The molecule has 0 radical (unpaired) electrons. The maximum absolute atomic E-state index is 12.1. The summed E-state index contributed by atoms with van der Waals surface area (Å²) in [6.07, 6.45) is -0.363. The van der Waals surface area contributed by atoms with Gasteiger partial charge in [-0.15, -0.1) is 0 Å². The summed E-state index contributed by atoms with van der Waals surface area (Å²) in [5.74, 6) is -1.09. The predicted octanol–water partition coefficient (Wildman–Crippen LogP) is 1.74. The van der Waals surface area contributed by atoms with Crippen LogP contribution >= 0.6 is 0 Å². The van der Waals surface area contributed by atoms with E-state index in [1.165, 1.54) is 0 Å². The highest BCUT2D eigenvalue weighted by Gasteiger charge is 2.64. The van der Waals surface area contributed by atoms with E-state index in [9.17, 15) is 4.79 Å².